The third kappa shape index (κ3) is 6.26. The Balaban J connectivity index is 1.03. The summed E-state index contributed by atoms with van der Waals surface area (Å²) in [5.41, 5.74) is 16.1. The van der Waals surface area contributed by atoms with Crippen molar-refractivity contribution in [2.24, 2.45) is 0 Å². The van der Waals surface area contributed by atoms with Crippen LogP contribution in [0.5, 0.6) is 0 Å². The summed E-state index contributed by atoms with van der Waals surface area (Å²) < 4.78 is 14.6. The van der Waals surface area contributed by atoms with E-state index in [1.807, 2.05) is 30.3 Å². The van der Waals surface area contributed by atoms with Gasteiger partial charge in [0.15, 0.2) is 23.1 Å². The highest BCUT2D eigenvalue weighted by Gasteiger charge is 2.29. The van der Waals surface area contributed by atoms with Gasteiger partial charge in [0.1, 0.15) is 5.58 Å². The predicted octanol–water partition coefficient (Wildman–Crippen LogP) is 17.7. The molecule has 0 amide bonds. The second kappa shape index (κ2) is 16.6. The van der Waals surface area contributed by atoms with E-state index >= 15 is 0 Å². The van der Waals surface area contributed by atoms with E-state index in [0.29, 0.717) is 17.5 Å². The predicted molar refractivity (Wildman–Crippen MR) is 312 cm³/mol. The van der Waals surface area contributed by atoms with E-state index < -0.39 is 0 Å². The lowest BCUT2D eigenvalue weighted by atomic mass is 10.0. The van der Waals surface area contributed by atoms with Crippen molar-refractivity contribution in [3.63, 3.8) is 0 Å². The summed E-state index contributed by atoms with van der Waals surface area (Å²) in [6.07, 6.45) is 0. The van der Waals surface area contributed by atoms with E-state index in [1.54, 1.807) is 0 Å². The number of furan rings is 1. The fourth-order valence-corrected chi connectivity index (χ4v) is 12.0. The maximum Gasteiger partial charge on any atom is 0.164 e. The number of aromatic nitrogens is 6. The first kappa shape index (κ1) is 42.2. The van der Waals surface area contributed by atoms with Crippen LogP contribution in [0.2, 0.25) is 0 Å². The van der Waals surface area contributed by atoms with E-state index in [4.69, 9.17) is 19.4 Å². The van der Waals surface area contributed by atoms with Gasteiger partial charge in [0, 0.05) is 65.5 Å². The highest BCUT2D eigenvalue weighted by molar-refractivity contribution is 6.29. The molecule has 7 heteroatoms. The van der Waals surface area contributed by atoms with Crippen LogP contribution < -0.4 is 0 Å². The third-order valence-electron chi connectivity index (χ3n) is 15.3. The maximum atomic E-state index is 7.25. The SMILES string of the molecule is c1ccc(-c2ccc(-c3nc(-c4ccccc4)nc(-c4ccc(-n5c6ccccc6c6c5c(-n5c7ccccc7c7ccccc75)cc5c7ccccc7n(-c7ccccc7)c56)c5oc6ccccc6c45)n3)cc2)cc1. The first-order valence-electron chi connectivity index (χ1n) is 25.7. The topological polar surface area (TPSA) is 66.6 Å². The highest BCUT2D eigenvalue weighted by atomic mass is 16.3. The normalized spacial score (nSPS) is 11.9. The van der Waals surface area contributed by atoms with Crippen LogP contribution in [-0.4, -0.2) is 28.7 Å². The summed E-state index contributed by atoms with van der Waals surface area (Å²) in [7, 11) is 0. The first-order valence-corrected chi connectivity index (χ1v) is 25.7. The molecule has 0 saturated heterocycles. The molecule has 11 aromatic carbocycles. The summed E-state index contributed by atoms with van der Waals surface area (Å²) in [5, 5.41) is 8.92. The molecule has 0 atom stereocenters. The Hall–Kier alpha value is -10.4. The number of para-hydroxylation sites is 6. The van der Waals surface area contributed by atoms with Crippen LogP contribution >= 0.6 is 0 Å². The second-order valence-electron chi connectivity index (χ2n) is 19.5. The van der Waals surface area contributed by atoms with Crippen LogP contribution in [0.3, 0.4) is 0 Å². The molecule has 0 saturated carbocycles. The highest BCUT2D eigenvalue weighted by Crippen LogP contribution is 2.49. The van der Waals surface area contributed by atoms with Crippen molar-refractivity contribution < 1.29 is 4.42 Å². The van der Waals surface area contributed by atoms with Crippen LogP contribution in [0, 0.1) is 0 Å². The van der Waals surface area contributed by atoms with Gasteiger partial charge in [-0.2, -0.15) is 0 Å². The standard InChI is InChI=1S/C69H42N6O/c1-4-20-43(21-5-1)44-36-38-46(39-37-44)68-70-67(45-22-6-2-7-23-45)71-69(72-68)53-40-41-59(66-62(53)52-30-14-19-35-61(52)76-66)75-58-34-18-13-29-51(58)63-64-54(50-28-12-15-31-55(50)73(64)47-24-8-3-9-25-47)42-60(65(63)75)74-56-32-16-10-26-48(56)49-27-11-17-33-57(49)74/h1-42H. The van der Waals surface area contributed by atoms with Gasteiger partial charge in [0.25, 0.3) is 0 Å². The van der Waals surface area contributed by atoms with E-state index in [0.717, 1.165) is 111 Å². The van der Waals surface area contributed by atoms with E-state index in [2.05, 4.69) is 238 Å². The Labute approximate surface area is 435 Å². The van der Waals surface area contributed by atoms with Crippen molar-refractivity contribution in [3.05, 3.63) is 255 Å². The lowest BCUT2D eigenvalue weighted by molar-refractivity contribution is 0.666. The molecule has 76 heavy (non-hydrogen) atoms. The minimum absolute atomic E-state index is 0.557. The molecule has 354 valence electrons. The average molecular weight is 971 g/mol. The van der Waals surface area contributed by atoms with E-state index in [9.17, 15) is 0 Å². The molecule has 0 N–H and O–H groups in total. The van der Waals surface area contributed by atoms with Crippen molar-refractivity contribution in [1.29, 1.82) is 0 Å². The largest absolute Gasteiger partial charge is 0.454 e. The van der Waals surface area contributed by atoms with Gasteiger partial charge >= 0.3 is 0 Å². The molecule has 0 unspecified atom stereocenters. The monoisotopic (exact) mass is 970 g/mol. The van der Waals surface area contributed by atoms with Crippen LogP contribution in [0.4, 0.5) is 0 Å². The Morgan fingerprint density at radius 3 is 1.39 bits per heavy atom. The van der Waals surface area contributed by atoms with E-state index in [-0.39, 0.29) is 0 Å². The van der Waals surface area contributed by atoms with Gasteiger partial charge in [-0.15, -0.1) is 0 Å². The fourth-order valence-electron chi connectivity index (χ4n) is 12.0. The Morgan fingerprint density at radius 2 is 0.750 bits per heavy atom. The smallest absolute Gasteiger partial charge is 0.164 e. The van der Waals surface area contributed by atoms with Crippen molar-refractivity contribution in [2.75, 3.05) is 0 Å². The number of fused-ring (bicyclic) bond motifs is 13. The maximum absolute atomic E-state index is 7.25. The zero-order valence-electron chi connectivity index (χ0n) is 40.8. The minimum Gasteiger partial charge on any atom is -0.454 e. The lowest BCUT2D eigenvalue weighted by Crippen LogP contribution is -2.03. The van der Waals surface area contributed by atoms with Crippen LogP contribution in [-0.2, 0) is 0 Å². The fraction of sp³-hybridized carbons (Fsp3) is 0. The lowest BCUT2D eigenvalue weighted by Gasteiger charge is -2.17. The van der Waals surface area contributed by atoms with Gasteiger partial charge in [0.05, 0.1) is 44.5 Å². The summed E-state index contributed by atoms with van der Waals surface area (Å²) in [6.45, 7) is 0. The summed E-state index contributed by atoms with van der Waals surface area (Å²) >= 11 is 0. The minimum atomic E-state index is 0.557. The molecule has 0 aliphatic heterocycles. The summed E-state index contributed by atoms with van der Waals surface area (Å²) in [5.74, 6) is 1.74. The average Bonchev–Trinajstić information content (AvgIpc) is 4.45. The molecule has 16 aromatic rings. The van der Waals surface area contributed by atoms with Crippen molar-refractivity contribution in [3.8, 4) is 62.4 Å². The number of hydrogen-bond donors (Lipinski definition) is 0. The van der Waals surface area contributed by atoms with Crippen LogP contribution in [0.25, 0.3) is 150 Å². The molecule has 0 aliphatic carbocycles. The molecule has 0 aliphatic rings. The Morgan fingerprint density at radius 1 is 0.289 bits per heavy atom. The summed E-state index contributed by atoms with van der Waals surface area (Å²) in [6, 6.07) is 90.2. The number of hydrogen-bond acceptors (Lipinski definition) is 4. The number of nitrogens with zero attached hydrogens (tertiary/aromatic N) is 6. The van der Waals surface area contributed by atoms with Gasteiger partial charge in [-0.1, -0.05) is 194 Å². The summed E-state index contributed by atoms with van der Waals surface area (Å²) in [4.78, 5) is 15.8. The first-order chi connectivity index (χ1) is 37.7. The zero-order valence-corrected chi connectivity index (χ0v) is 40.8. The van der Waals surface area contributed by atoms with Gasteiger partial charge in [-0.05, 0) is 71.8 Å². The van der Waals surface area contributed by atoms with E-state index in [1.165, 1.54) is 21.5 Å². The molecule has 0 bridgehead atoms. The Kier molecular flexibility index (Phi) is 9.20. The quantitative estimate of drug-likeness (QED) is 0.160. The zero-order chi connectivity index (χ0) is 49.8. The number of rotatable bonds is 7. The van der Waals surface area contributed by atoms with Crippen LogP contribution in [0.1, 0.15) is 0 Å². The number of benzene rings is 11. The molecular weight excluding hydrogens is 929 g/mol. The van der Waals surface area contributed by atoms with Gasteiger partial charge < -0.3 is 18.1 Å². The molecule has 5 heterocycles. The van der Waals surface area contributed by atoms with Gasteiger partial charge in [0.2, 0.25) is 0 Å². The van der Waals surface area contributed by atoms with Gasteiger partial charge in [-0.3, -0.25) is 0 Å². The molecule has 5 aromatic heterocycles. The third-order valence-corrected chi connectivity index (χ3v) is 15.3. The second-order valence-corrected chi connectivity index (χ2v) is 19.5. The van der Waals surface area contributed by atoms with Crippen molar-refractivity contribution in [2.45, 2.75) is 0 Å². The Bertz CT molecular complexity index is 4920. The van der Waals surface area contributed by atoms with Crippen LogP contribution in [0.15, 0.2) is 259 Å². The molecule has 0 fully saturated rings. The molecule has 0 spiro atoms. The molecular formula is C69H42N6O. The molecule has 7 nitrogen and oxygen atoms in total. The van der Waals surface area contributed by atoms with Gasteiger partial charge in [-0.25, -0.2) is 15.0 Å². The molecule has 16 rings (SSSR count). The molecule has 0 radical (unpaired) electrons. The van der Waals surface area contributed by atoms with Crippen molar-refractivity contribution in [1.82, 2.24) is 28.7 Å². The van der Waals surface area contributed by atoms with Crippen molar-refractivity contribution >= 4 is 87.4 Å².